The number of H-pyrrole nitrogens is 1. The number of benzene rings is 1. The molecule has 1 heterocycles. The number of nitrogens with two attached hydrogens (primary N) is 1. The van der Waals surface area contributed by atoms with Gasteiger partial charge in [0.2, 0.25) is 0 Å². The number of rotatable bonds is 6. The van der Waals surface area contributed by atoms with Crippen LogP contribution in [0.5, 0.6) is 5.75 Å². The summed E-state index contributed by atoms with van der Waals surface area (Å²) in [6.45, 7) is 0.657. The molecule has 0 unspecified atom stereocenters. The molecular formula is C11H14N4O3S. The molecule has 19 heavy (non-hydrogen) atoms. The molecule has 2 aromatic rings. The number of anilines is 1. The standard InChI is InChI=1S/C11H14N4O3S/c12-6-8-18-10-4-2-1-3-9(10)15-19(16,17)11-5-7-13-14-11/h1-5,7,15H,6,8,12H2,(H,13,14). The van der Waals surface area contributed by atoms with Crippen molar-refractivity contribution >= 4 is 15.7 Å². The molecule has 1 aromatic carbocycles. The Hall–Kier alpha value is -2.06. The van der Waals surface area contributed by atoms with Gasteiger partial charge in [-0.05, 0) is 18.2 Å². The van der Waals surface area contributed by atoms with E-state index in [1.54, 1.807) is 24.3 Å². The minimum Gasteiger partial charge on any atom is -0.490 e. The predicted octanol–water partition coefficient (Wildman–Crippen LogP) is 0.548. The molecule has 0 fully saturated rings. The van der Waals surface area contributed by atoms with Gasteiger partial charge in [-0.25, -0.2) is 0 Å². The van der Waals surface area contributed by atoms with E-state index in [2.05, 4.69) is 14.9 Å². The first-order valence-corrected chi connectivity index (χ1v) is 7.06. The van der Waals surface area contributed by atoms with Gasteiger partial charge in [-0.2, -0.15) is 13.5 Å². The molecule has 1 aromatic heterocycles. The second kappa shape index (κ2) is 5.72. The van der Waals surface area contributed by atoms with Crippen LogP contribution in [0.25, 0.3) is 0 Å². The molecule has 0 atom stereocenters. The molecule has 0 amide bonds. The quantitative estimate of drug-likeness (QED) is 0.716. The van der Waals surface area contributed by atoms with Crippen LogP contribution in [0.4, 0.5) is 5.69 Å². The first-order chi connectivity index (χ1) is 9.13. The average molecular weight is 282 g/mol. The van der Waals surface area contributed by atoms with Gasteiger partial charge < -0.3 is 10.5 Å². The average Bonchev–Trinajstić information content (AvgIpc) is 2.92. The van der Waals surface area contributed by atoms with E-state index in [9.17, 15) is 8.42 Å². The second-order valence-electron chi connectivity index (χ2n) is 3.66. The van der Waals surface area contributed by atoms with Crippen LogP contribution in [0.1, 0.15) is 0 Å². The number of aromatic amines is 1. The highest BCUT2D eigenvalue weighted by Crippen LogP contribution is 2.25. The number of sulfonamides is 1. The summed E-state index contributed by atoms with van der Waals surface area (Å²) in [5.74, 6) is 0.427. The Labute approximate surface area is 110 Å². The Morgan fingerprint density at radius 3 is 2.79 bits per heavy atom. The van der Waals surface area contributed by atoms with Gasteiger partial charge in [-0.3, -0.25) is 9.82 Å². The monoisotopic (exact) mass is 282 g/mol. The van der Waals surface area contributed by atoms with Crippen molar-refractivity contribution in [2.75, 3.05) is 17.9 Å². The molecule has 0 aliphatic heterocycles. The first-order valence-electron chi connectivity index (χ1n) is 5.57. The van der Waals surface area contributed by atoms with Crippen molar-refractivity contribution in [2.45, 2.75) is 5.03 Å². The number of ether oxygens (including phenoxy) is 1. The van der Waals surface area contributed by atoms with E-state index in [0.29, 0.717) is 24.6 Å². The topological polar surface area (TPSA) is 110 Å². The van der Waals surface area contributed by atoms with Crippen molar-refractivity contribution in [2.24, 2.45) is 5.73 Å². The summed E-state index contributed by atoms with van der Waals surface area (Å²) in [6, 6.07) is 8.10. The van der Waals surface area contributed by atoms with Crippen molar-refractivity contribution in [1.29, 1.82) is 0 Å². The van der Waals surface area contributed by atoms with Crippen LogP contribution in [0.3, 0.4) is 0 Å². The van der Waals surface area contributed by atoms with E-state index < -0.39 is 10.0 Å². The fourth-order valence-corrected chi connectivity index (χ4v) is 2.42. The van der Waals surface area contributed by atoms with Crippen LogP contribution in [0.2, 0.25) is 0 Å². The lowest BCUT2D eigenvalue weighted by molar-refractivity contribution is 0.330. The van der Waals surface area contributed by atoms with Crippen LogP contribution in [-0.4, -0.2) is 31.8 Å². The van der Waals surface area contributed by atoms with Crippen molar-refractivity contribution < 1.29 is 13.2 Å². The van der Waals surface area contributed by atoms with Crippen molar-refractivity contribution in [3.05, 3.63) is 36.5 Å². The minimum atomic E-state index is -3.70. The Morgan fingerprint density at radius 1 is 1.32 bits per heavy atom. The Bertz CT molecular complexity index is 625. The highest BCUT2D eigenvalue weighted by Gasteiger charge is 2.17. The number of nitrogens with one attached hydrogen (secondary N) is 2. The second-order valence-corrected chi connectivity index (χ2v) is 5.31. The zero-order chi connectivity index (χ0) is 13.7. The van der Waals surface area contributed by atoms with Gasteiger partial charge in [0.05, 0.1) is 11.9 Å². The maximum Gasteiger partial charge on any atom is 0.278 e. The molecule has 7 nitrogen and oxygen atoms in total. The lowest BCUT2D eigenvalue weighted by atomic mass is 10.3. The van der Waals surface area contributed by atoms with Gasteiger partial charge >= 0.3 is 0 Å². The molecular weight excluding hydrogens is 268 g/mol. The summed E-state index contributed by atoms with van der Waals surface area (Å²) in [4.78, 5) is 0. The van der Waals surface area contributed by atoms with Crippen molar-refractivity contribution in [1.82, 2.24) is 10.2 Å². The molecule has 102 valence electrons. The normalized spacial score (nSPS) is 11.2. The molecule has 2 rings (SSSR count). The van der Waals surface area contributed by atoms with Crippen LogP contribution in [-0.2, 0) is 10.0 Å². The van der Waals surface area contributed by atoms with Gasteiger partial charge in [0, 0.05) is 6.54 Å². The molecule has 4 N–H and O–H groups in total. The summed E-state index contributed by atoms with van der Waals surface area (Å²) in [5.41, 5.74) is 5.71. The largest absolute Gasteiger partial charge is 0.490 e. The molecule has 0 saturated carbocycles. The van der Waals surface area contributed by atoms with Crippen LogP contribution in [0.15, 0.2) is 41.6 Å². The number of aromatic nitrogens is 2. The highest BCUT2D eigenvalue weighted by atomic mass is 32.2. The lowest BCUT2D eigenvalue weighted by Gasteiger charge is -2.12. The summed E-state index contributed by atoms with van der Waals surface area (Å²) in [7, 11) is -3.70. The Kier molecular flexibility index (Phi) is 4.03. The van der Waals surface area contributed by atoms with E-state index in [0.717, 1.165) is 0 Å². The third-order valence-corrected chi connectivity index (χ3v) is 3.57. The van der Waals surface area contributed by atoms with Crippen LogP contribution in [0, 0.1) is 0 Å². The minimum absolute atomic E-state index is 0.0128. The van der Waals surface area contributed by atoms with Crippen LogP contribution < -0.4 is 15.2 Å². The summed E-state index contributed by atoms with van der Waals surface area (Å²) in [5, 5.41) is 6.00. The highest BCUT2D eigenvalue weighted by molar-refractivity contribution is 7.92. The third-order valence-electron chi connectivity index (χ3n) is 2.27. The van der Waals surface area contributed by atoms with E-state index >= 15 is 0 Å². The molecule has 0 aliphatic carbocycles. The molecule has 0 aliphatic rings. The van der Waals surface area contributed by atoms with Gasteiger partial charge in [0.25, 0.3) is 10.0 Å². The molecule has 0 bridgehead atoms. The van der Waals surface area contributed by atoms with Crippen LogP contribution >= 0.6 is 0 Å². The third kappa shape index (κ3) is 3.24. The predicted molar refractivity (Wildman–Crippen MR) is 70.4 cm³/mol. The van der Waals surface area contributed by atoms with E-state index in [1.807, 2.05) is 0 Å². The summed E-state index contributed by atoms with van der Waals surface area (Å²) >= 11 is 0. The van der Waals surface area contributed by atoms with E-state index in [1.165, 1.54) is 12.3 Å². The molecule has 8 heteroatoms. The van der Waals surface area contributed by atoms with Gasteiger partial charge in [0.15, 0.2) is 5.03 Å². The zero-order valence-corrected chi connectivity index (χ0v) is 10.9. The maximum absolute atomic E-state index is 12.0. The summed E-state index contributed by atoms with van der Waals surface area (Å²) < 4.78 is 31.9. The molecule has 0 radical (unpaired) electrons. The van der Waals surface area contributed by atoms with Crippen molar-refractivity contribution in [3.63, 3.8) is 0 Å². The Balaban J connectivity index is 2.24. The Morgan fingerprint density at radius 2 is 2.11 bits per heavy atom. The fourth-order valence-electron chi connectivity index (χ4n) is 1.44. The number of hydrogen-bond acceptors (Lipinski definition) is 5. The zero-order valence-electron chi connectivity index (χ0n) is 10.0. The SMILES string of the molecule is NCCOc1ccccc1NS(=O)(=O)c1ccn[nH]1. The number of hydrogen-bond donors (Lipinski definition) is 3. The fraction of sp³-hybridized carbons (Fsp3) is 0.182. The molecule has 0 spiro atoms. The number of nitrogens with zero attached hydrogens (tertiary/aromatic N) is 1. The first kappa shape index (κ1) is 13.4. The molecule has 0 saturated heterocycles. The van der Waals surface area contributed by atoms with Crippen molar-refractivity contribution in [3.8, 4) is 5.75 Å². The van der Waals surface area contributed by atoms with E-state index in [4.69, 9.17) is 10.5 Å². The van der Waals surface area contributed by atoms with E-state index in [-0.39, 0.29) is 5.03 Å². The van der Waals surface area contributed by atoms with Gasteiger partial charge in [0.1, 0.15) is 12.4 Å². The summed E-state index contributed by atoms with van der Waals surface area (Å²) in [6.07, 6.45) is 1.37. The maximum atomic E-state index is 12.0. The van der Waals surface area contributed by atoms with Gasteiger partial charge in [-0.15, -0.1) is 0 Å². The smallest absolute Gasteiger partial charge is 0.278 e. The number of para-hydroxylation sites is 2. The van der Waals surface area contributed by atoms with Gasteiger partial charge in [-0.1, -0.05) is 12.1 Å². The lowest BCUT2D eigenvalue weighted by Crippen LogP contribution is -2.16.